The number of sulfonamides is 1. The fraction of sp³-hybridized carbons (Fsp3) is 0.571. The third-order valence-electron chi connectivity index (χ3n) is 3.54. The van der Waals surface area contributed by atoms with E-state index in [4.69, 9.17) is 23.2 Å². The van der Waals surface area contributed by atoms with Crippen molar-refractivity contribution in [1.29, 1.82) is 0 Å². The lowest BCUT2D eigenvalue weighted by atomic mass is 10.2. The van der Waals surface area contributed by atoms with Crippen LogP contribution >= 0.6 is 23.2 Å². The number of benzene rings is 1. The predicted octanol–water partition coefficient (Wildman–Crippen LogP) is 4.03. The molecule has 1 aromatic rings. The smallest absolute Gasteiger partial charge is 0.207 e. The molecule has 0 saturated heterocycles. The Morgan fingerprint density at radius 2 is 2.00 bits per heavy atom. The first kappa shape index (κ1) is 17.0. The summed E-state index contributed by atoms with van der Waals surface area (Å²) in [7, 11) is -3.75. The minimum absolute atomic E-state index is 0.0383. The van der Waals surface area contributed by atoms with Crippen LogP contribution in [-0.2, 0) is 15.9 Å². The van der Waals surface area contributed by atoms with Gasteiger partial charge in [0.1, 0.15) is 5.82 Å². The average Bonchev–Trinajstić information content (AvgIpc) is 3.22. The first-order valence-electron chi connectivity index (χ1n) is 6.83. The number of nitrogens with zero attached hydrogens (tertiary/aromatic N) is 1. The Morgan fingerprint density at radius 3 is 2.48 bits per heavy atom. The van der Waals surface area contributed by atoms with Crippen LogP contribution in [0.4, 0.5) is 4.39 Å². The summed E-state index contributed by atoms with van der Waals surface area (Å²) in [4.78, 5) is -0.0885. The minimum Gasteiger partial charge on any atom is -0.207 e. The zero-order chi connectivity index (χ0) is 15.8. The maximum absolute atomic E-state index is 13.8. The zero-order valence-electron chi connectivity index (χ0n) is 11.9. The van der Waals surface area contributed by atoms with Gasteiger partial charge in [0.2, 0.25) is 10.0 Å². The largest absolute Gasteiger partial charge is 0.243 e. The van der Waals surface area contributed by atoms with Crippen LogP contribution in [0, 0.1) is 11.7 Å². The van der Waals surface area contributed by atoms with Crippen LogP contribution in [-0.4, -0.2) is 25.3 Å². The maximum atomic E-state index is 13.8. The molecular weight excluding hydrogens is 336 g/mol. The van der Waals surface area contributed by atoms with E-state index in [1.54, 1.807) is 0 Å². The van der Waals surface area contributed by atoms with Crippen LogP contribution in [0.5, 0.6) is 0 Å². The third kappa shape index (κ3) is 3.70. The molecule has 3 nitrogen and oxygen atoms in total. The third-order valence-corrected chi connectivity index (χ3v) is 6.27. The highest BCUT2D eigenvalue weighted by Gasteiger charge is 2.34. The lowest BCUT2D eigenvalue weighted by molar-refractivity contribution is 0.341. The fourth-order valence-electron chi connectivity index (χ4n) is 2.14. The Hall–Kier alpha value is -0.360. The summed E-state index contributed by atoms with van der Waals surface area (Å²) in [6, 6.07) is 2.14. The SMILES string of the molecule is CC(C)N(CC1CC1)S(=O)(=O)c1cc(F)c(Cl)c(CCl)c1. The van der Waals surface area contributed by atoms with Gasteiger partial charge in [-0.15, -0.1) is 11.6 Å². The van der Waals surface area contributed by atoms with E-state index in [0.29, 0.717) is 12.5 Å². The van der Waals surface area contributed by atoms with E-state index in [1.807, 2.05) is 13.8 Å². The van der Waals surface area contributed by atoms with Gasteiger partial charge in [-0.2, -0.15) is 4.31 Å². The molecule has 0 spiro atoms. The minimum atomic E-state index is -3.75. The molecule has 0 atom stereocenters. The molecule has 1 aliphatic carbocycles. The Balaban J connectivity index is 2.43. The second-order valence-electron chi connectivity index (χ2n) is 5.62. The molecule has 0 unspecified atom stereocenters. The molecule has 2 rings (SSSR count). The lowest BCUT2D eigenvalue weighted by Gasteiger charge is -2.26. The summed E-state index contributed by atoms with van der Waals surface area (Å²) in [6.07, 6.45) is 2.08. The number of halogens is 3. The van der Waals surface area contributed by atoms with E-state index in [1.165, 1.54) is 10.4 Å². The van der Waals surface area contributed by atoms with Gasteiger partial charge in [0.05, 0.1) is 9.92 Å². The molecule has 0 heterocycles. The summed E-state index contributed by atoms with van der Waals surface area (Å²) >= 11 is 11.5. The maximum Gasteiger partial charge on any atom is 0.243 e. The number of alkyl halides is 1. The zero-order valence-corrected chi connectivity index (χ0v) is 14.3. The van der Waals surface area contributed by atoms with Crippen molar-refractivity contribution < 1.29 is 12.8 Å². The molecule has 1 fully saturated rings. The van der Waals surface area contributed by atoms with Gasteiger partial charge in [0, 0.05) is 18.5 Å². The molecule has 1 aromatic carbocycles. The number of rotatable bonds is 6. The van der Waals surface area contributed by atoms with Crippen LogP contribution in [0.1, 0.15) is 32.3 Å². The van der Waals surface area contributed by atoms with Crippen molar-refractivity contribution in [2.45, 2.75) is 43.5 Å². The standard InChI is InChI=1S/C14H18Cl2FNO2S/c1-9(2)18(8-10-3-4-10)21(19,20)12-5-11(7-15)14(16)13(17)6-12/h5-6,9-10H,3-4,7-8H2,1-2H3. The second-order valence-corrected chi connectivity index (χ2v) is 8.16. The Kier molecular flexibility index (Phi) is 5.19. The fourth-order valence-corrected chi connectivity index (χ4v) is 4.37. The molecular formula is C14H18Cl2FNO2S. The van der Waals surface area contributed by atoms with Crippen molar-refractivity contribution in [3.8, 4) is 0 Å². The van der Waals surface area contributed by atoms with Gasteiger partial charge in [-0.3, -0.25) is 0 Å². The lowest BCUT2D eigenvalue weighted by Crippen LogP contribution is -2.38. The topological polar surface area (TPSA) is 37.4 Å². The molecule has 0 N–H and O–H groups in total. The molecule has 21 heavy (non-hydrogen) atoms. The summed E-state index contributed by atoms with van der Waals surface area (Å²) < 4.78 is 40.7. The van der Waals surface area contributed by atoms with E-state index in [2.05, 4.69) is 0 Å². The van der Waals surface area contributed by atoms with Crippen molar-refractivity contribution in [2.24, 2.45) is 5.92 Å². The predicted molar refractivity (Wildman–Crippen MR) is 82.7 cm³/mol. The van der Waals surface area contributed by atoms with Crippen molar-refractivity contribution in [3.63, 3.8) is 0 Å². The molecule has 0 aliphatic heterocycles. The van der Waals surface area contributed by atoms with Crippen LogP contribution in [0.25, 0.3) is 0 Å². The average molecular weight is 354 g/mol. The summed E-state index contributed by atoms with van der Waals surface area (Å²) in [5.41, 5.74) is 0.284. The van der Waals surface area contributed by atoms with Crippen molar-refractivity contribution >= 4 is 33.2 Å². The number of hydrogen-bond donors (Lipinski definition) is 0. The second kappa shape index (κ2) is 6.41. The van der Waals surface area contributed by atoms with Gasteiger partial charge in [0.15, 0.2) is 0 Å². The van der Waals surface area contributed by atoms with Crippen LogP contribution in [0.15, 0.2) is 17.0 Å². The van der Waals surface area contributed by atoms with E-state index in [-0.39, 0.29) is 27.4 Å². The van der Waals surface area contributed by atoms with Gasteiger partial charge in [-0.25, -0.2) is 12.8 Å². The van der Waals surface area contributed by atoms with Gasteiger partial charge < -0.3 is 0 Å². The molecule has 7 heteroatoms. The molecule has 0 amide bonds. The van der Waals surface area contributed by atoms with Crippen molar-refractivity contribution in [2.75, 3.05) is 6.54 Å². The molecule has 118 valence electrons. The Morgan fingerprint density at radius 1 is 1.38 bits per heavy atom. The van der Waals surface area contributed by atoms with Gasteiger partial charge in [0.25, 0.3) is 0 Å². The first-order valence-corrected chi connectivity index (χ1v) is 9.18. The van der Waals surface area contributed by atoms with Crippen LogP contribution in [0.2, 0.25) is 5.02 Å². The van der Waals surface area contributed by atoms with Gasteiger partial charge in [-0.05, 0) is 50.3 Å². The highest BCUT2D eigenvalue weighted by Crippen LogP contribution is 2.33. The van der Waals surface area contributed by atoms with Crippen molar-refractivity contribution in [1.82, 2.24) is 4.31 Å². The molecule has 0 radical (unpaired) electrons. The quantitative estimate of drug-likeness (QED) is 0.724. The number of hydrogen-bond acceptors (Lipinski definition) is 2. The highest BCUT2D eigenvalue weighted by atomic mass is 35.5. The first-order chi connectivity index (χ1) is 9.77. The Bertz CT molecular complexity index is 630. The van der Waals surface area contributed by atoms with E-state index >= 15 is 0 Å². The summed E-state index contributed by atoms with van der Waals surface area (Å²) in [5, 5.41) is -0.123. The molecule has 0 bridgehead atoms. The Labute approximate surface area is 135 Å². The van der Waals surface area contributed by atoms with E-state index in [0.717, 1.165) is 18.9 Å². The summed E-state index contributed by atoms with van der Waals surface area (Å²) in [5.74, 6) is -0.390. The van der Waals surface area contributed by atoms with Gasteiger partial charge >= 0.3 is 0 Å². The molecule has 1 saturated carbocycles. The molecule has 1 aliphatic rings. The highest BCUT2D eigenvalue weighted by molar-refractivity contribution is 7.89. The van der Waals surface area contributed by atoms with Crippen LogP contribution in [0.3, 0.4) is 0 Å². The summed E-state index contributed by atoms with van der Waals surface area (Å²) in [6.45, 7) is 4.10. The van der Waals surface area contributed by atoms with Gasteiger partial charge in [-0.1, -0.05) is 11.6 Å². The molecule has 0 aromatic heterocycles. The van der Waals surface area contributed by atoms with E-state index < -0.39 is 15.8 Å². The normalized spacial score (nSPS) is 16.0. The van der Waals surface area contributed by atoms with E-state index in [9.17, 15) is 12.8 Å². The van der Waals surface area contributed by atoms with Crippen molar-refractivity contribution in [3.05, 3.63) is 28.5 Å². The van der Waals surface area contributed by atoms with Crippen LogP contribution < -0.4 is 0 Å². The monoisotopic (exact) mass is 353 g/mol.